The SMILES string of the molecule is COc1ccc(C(N)=O)cc1NC(=O)c1ccc(Oc2cccc(Br)c2)nc1. The molecule has 0 saturated carbocycles. The summed E-state index contributed by atoms with van der Waals surface area (Å²) in [5, 5.41) is 2.69. The summed E-state index contributed by atoms with van der Waals surface area (Å²) in [6, 6.07) is 15.0. The Hall–Kier alpha value is -3.39. The molecule has 2 aromatic carbocycles. The largest absolute Gasteiger partial charge is 0.495 e. The Labute approximate surface area is 169 Å². The van der Waals surface area contributed by atoms with Gasteiger partial charge < -0.3 is 20.5 Å². The molecule has 0 atom stereocenters. The summed E-state index contributed by atoms with van der Waals surface area (Å²) < 4.78 is 11.7. The highest BCUT2D eigenvalue weighted by Crippen LogP contribution is 2.26. The lowest BCUT2D eigenvalue weighted by Gasteiger charge is -2.11. The average Bonchev–Trinajstić information content (AvgIpc) is 2.68. The number of rotatable bonds is 6. The topological polar surface area (TPSA) is 104 Å². The maximum atomic E-state index is 12.5. The van der Waals surface area contributed by atoms with Crippen molar-refractivity contribution in [3.63, 3.8) is 0 Å². The van der Waals surface area contributed by atoms with E-state index in [9.17, 15) is 9.59 Å². The molecule has 0 saturated heterocycles. The Morgan fingerprint density at radius 3 is 2.50 bits per heavy atom. The van der Waals surface area contributed by atoms with Gasteiger partial charge in [0, 0.05) is 22.3 Å². The number of nitrogens with two attached hydrogens (primary N) is 1. The highest BCUT2D eigenvalue weighted by molar-refractivity contribution is 9.10. The van der Waals surface area contributed by atoms with Gasteiger partial charge in [-0.15, -0.1) is 0 Å². The van der Waals surface area contributed by atoms with E-state index in [2.05, 4.69) is 26.2 Å². The number of amides is 2. The zero-order valence-corrected chi connectivity index (χ0v) is 16.4. The molecule has 7 nitrogen and oxygen atoms in total. The van der Waals surface area contributed by atoms with E-state index in [4.69, 9.17) is 15.2 Å². The Balaban J connectivity index is 1.75. The van der Waals surface area contributed by atoms with Crippen LogP contribution in [0.3, 0.4) is 0 Å². The molecule has 28 heavy (non-hydrogen) atoms. The number of nitrogens with zero attached hydrogens (tertiary/aromatic N) is 1. The van der Waals surface area contributed by atoms with Crippen LogP contribution >= 0.6 is 15.9 Å². The third-order valence-corrected chi connectivity index (χ3v) is 4.24. The summed E-state index contributed by atoms with van der Waals surface area (Å²) in [4.78, 5) is 28.0. The molecule has 2 amide bonds. The second-order valence-electron chi connectivity index (χ2n) is 5.68. The van der Waals surface area contributed by atoms with E-state index in [1.807, 2.05) is 12.1 Å². The Kier molecular flexibility index (Phi) is 5.90. The third kappa shape index (κ3) is 4.66. The Bertz CT molecular complexity index is 1020. The minimum absolute atomic E-state index is 0.256. The number of ether oxygens (including phenoxy) is 2. The summed E-state index contributed by atoms with van der Waals surface area (Å²) in [6.45, 7) is 0. The van der Waals surface area contributed by atoms with Gasteiger partial charge >= 0.3 is 0 Å². The van der Waals surface area contributed by atoms with Gasteiger partial charge in [-0.25, -0.2) is 4.98 Å². The second-order valence-corrected chi connectivity index (χ2v) is 6.59. The van der Waals surface area contributed by atoms with Crippen LogP contribution in [-0.2, 0) is 0 Å². The molecule has 142 valence electrons. The molecule has 3 N–H and O–H groups in total. The quantitative estimate of drug-likeness (QED) is 0.601. The summed E-state index contributed by atoms with van der Waals surface area (Å²) >= 11 is 3.37. The molecule has 3 aromatic rings. The van der Waals surface area contributed by atoms with Gasteiger partial charge in [-0.05, 0) is 42.5 Å². The van der Waals surface area contributed by atoms with Gasteiger partial charge in [0.1, 0.15) is 11.5 Å². The molecule has 1 aromatic heterocycles. The number of hydrogen-bond donors (Lipinski definition) is 2. The van der Waals surface area contributed by atoms with E-state index in [0.29, 0.717) is 28.6 Å². The molecule has 0 unspecified atom stereocenters. The fourth-order valence-corrected chi connectivity index (χ4v) is 2.76. The van der Waals surface area contributed by atoms with Crippen LogP contribution in [0, 0.1) is 0 Å². The van der Waals surface area contributed by atoms with Crippen molar-refractivity contribution < 1.29 is 19.1 Å². The number of anilines is 1. The van der Waals surface area contributed by atoms with E-state index in [-0.39, 0.29) is 5.56 Å². The third-order valence-electron chi connectivity index (χ3n) is 3.75. The molecule has 0 aliphatic rings. The van der Waals surface area contributed by atoms with E-state index < -0.39 is 11.8 Å². The minimum atomic E-state index is -0.603. The number of pyridine rings is 1. The fourth-order valence-electron chi connectivity index (χ4n) is 2.38. The highest BCUT2D eigenvalue weighted by atomic mass is 79.9. The Morgan fingerprint density at radius 2 is 1.86 bits per heavy atom. The van der Waals surface area contributed by atoms with Crippen molar-refractivity contribution in [2.45, 2.75) is 0 Å². The molecule has 8 heteroatoms. The number of aromatic nitrogens is 1. The van der Waals surface area contributed by atoms with Crippen LogP contribution < -0.4 is 20.5 Å². The van der Waals surface area contributed by atoms with Gasteiger partial charge in [0.2, 0.25) is 11.8 Å². The lowest BCUT2D eigenvalue weighted by atomic mass is 10.1. The highest BCUT2D eigenvalue weighted by Gasteiger charge is 2.13. The van der Waals surface area contributed by atoms with Gasteiger partial charge in [-0.3, -0.25) is 9.59 Å². The first-order valence-corrected chi connectivity index (χ1v) is 8.94. The molecule has 0 spiro atoms. The van der Waals surface area contributed by atoms with Crippen molar-refractivity contribution in [3.05, 3.63) is 76.4 Å². The van der Waals surface area contributed by atoms with Crippen molar-refractivity contribution >= 4 is 33.4 Å². The predicted molar refractivity (Wildman–Crippen MR) is 108 cm³/mol. The van der Waals surface area contributed by atoms with Gasteiger partial charge in [0.25, 0.3) is 5.91 Å². The lowest BCUT2D eigenvalue weighted by Crippen LogP contribution is -2.15. The number of hydrogen-bond acceptors (Lipinski definition) is 5. The number of benzene rings is 2. The summed E-state index contributed by atoms with van der Waals surface area (Å²) in [7, 11) is 1.46. The first-order valence-electron chi connectivity index (χ1n) is 8.15. The first-order chi connectivity index (χ1) is 13.5. The lowest BCUT2D eigenvalue weighted by molar-refractivity contribution is 0.0996. The van der Waals surface area contributed by atoms with Crippen molar-refractivity contribution in [2.24, 2.45) is 5.73 Å². The van der Waals surface area contributed by atoms with Crippen LogP contribution in [0.4, 0.5) is 5.69 Å². The molecule has 0 fully saturated rings. The monoisotopic (exact) mass is 441 g/mol. The fraction of sp³-hybridized carbons (Fsp3) is 0.0500. The van der Waals surface area contributed by atoms with Gasteiger partial charge in [-0.1, -0.05) is 22.0 Å². The number of carbonyl (C=O) groups is 2. The van der Waals surface area contributed by atoms with Crippen molar-refractivity contribution in [2.75, 3.05) is 12.4 Å². The number of nitrogens with one attached hydrogen (secondary N) is 1. The molecule has 0 bridgehead atoms. The molecule has 3 rings (SSSR count). The molecular weight excluding hydrogens is 426 g/mol. The van der Waals surface area contributed by atoms with Gasteiger partial charge in [-0.2, -0.15) is 0 Å². The van der Waals surface area contributed by atoms with E-state index in [1.54, 1.807) is 30.3 Å². The standard InChI is InChI=1S/C20H16BrN3O4/c1-27-17-7-5-12(19(22)25)9-16(17)24-20(26)13-6-8-18(23-11-13)28-15-4-2-3-14(21)10-15/h2-11H,1H3,(H2,22,25)(H,24,26). The van der Waals surface area contributed by atoms with Crippen LogP contribution in [0.25, 0.3) is 0 Å². The molecule has 0 aliphatic heterocycles. The van der Waals surface area contributed by atoms with Crippen molar-refractivity contribution in [3.8, 4) is 17.4 Å². The maximum Gasteiger partial charge on any atom is 0.257 e. The van der Waals surface area contributed by atoms with E-state index in [1.165, 1.54) is 25.4 Å². The van der Waals surface area contributed by atoms with Crippen LogP contribution in [0.1, 0.15) is 20.7 Å². The van der Waals surface area contributed by atoms with E-state index in [0.717, 1.165) is 4.47 Å². The summed E-state index contributed by atoms with van der Waals surface area (Å²) in [5.41, 5.74) is 6.19. The normalized spacial score (nSPS) is 10.2. The first kappa shape index (κ1) is 19.4. The maximum absolute atomic E-state index is 12.5. The van der Waals surface area contributed by atoms with Crippen LogP contribution in [0.15, 0.2) is 65.3 Å². The van der Waals surface area contributed by atoms with Crippen LogP contribution in [-0.4, -0.2) is 23.9 Å². The van der Waals surface area contributed by atoms with Crippen LogP contribution in [0.5, 0.6) is 17.4 Å². The molecule has 0 aliphatic carbocycles. The number of primary amides is 1. The van der Waals surface area contributed by atoms with Gasteiger partial charge in [0.05, 0.1) is 18.4 Å². The number of halogens is 1. The van der Waals surface area contributed by atoms with Crippen molar-refractivity contribution in [1.82, 2.24) is 4.98 Å². The number of methoxy groups -OCH3 is 1. The summed E-state index contributed by atoms with van der Waals surface area (Å²) in [5.74, 6) is 0.353. The second kappa shape index (κ2) is 8.53. The smallest absolute Gasteiger partial charge is 0.257 e. The van der Waals surface area contributed by atoms with Gasteiger partial charge in [0.15, 0.2) is 0 Å². The van der Waals surface area contributed by atoms with Crippen molar-refractivity contribution in [1.29, 1.82) is 0 Å². The Morgan fingerprint density at radius 1 is 1.07 bits per heavy atom. The van der Waals surface area contributed by atoms with Crippen LogP contribution in [0.2, 0.25) is 0 Å². The summed E-state index contributed by atoms with van der Waals surface area (Å²) in [6.07, 6.45) is 1.40. The molecule has 0 radical (unpaired) electrons. The predicted octanol–water partition coefficient (Wildman–Crippen LogP) is 4.00. The molecule has 1 heterocycles. The number of carbonyl (C=O) groups excluding carboxylic acids is 2. The average molecular weight is 442 g/mol. The van der Waals surface area contributed by atoms with E-state index >= 15 is 0 Å². The zero-order chi connectivity index (χ0) is 20.1. The molecular formula is C20H16BrN3O4. The minimum Gasteiger partial charge on any atom is -0.495 e. The zero-order valence-electron chi connectivity index (χ0n) is 14.8.